The third kappa shape index (κ3) is 3.53. The van der Waals surface area contributed by atoms with Gasteiger partial charge in [-0.05, 0) is 17.8 Å². The zero-order valence-electron chi connectivity index (χ0n) is 14.1. The second kappa shape index (κ2) is 7.41. The predicted molar refractivity (Wildman–Crippen MR) is 82.4 cm³/mol. The molecule has 0 aromatic rings. The van der Waals surface area contributed by atoms with E-state index in [9.17, 15) is 4.79 Å². The number of methoxy groups -OCH3 is 1. The molecule has 1 saturated heterocycles. The van der Waals surface area contributed by atoms with E-state index in [0.29, 0.717) is 24.4 Å². The first-order chi connectivity index (χ1) is 9.34. The molecule has 0 aromatic carbocycles. The van der Waals surface area contributed by atoms with Crippen molar-refractivity contribution in [2.24, 2.45) is 17.8 Å². The van der Waals surface area contributed by atoms with Crippen LogP contribution in [-0.2, 0) is 9.53 Å². The van der Waals surface area contributed by atoms with Gasteiger partial charge in [0, 0.05) is 7.11 Å². The van der Waals surface area contributed by atoms with Crippen LogP contribution >= 0.6 is 0 Å². The first-order valence-corrected chi connectivity index (χ1v) is 7.92. The molecular formula is C16H32N2O2. The van der Waals surface area contributed by atoms with Gasteiger partial charge in [-0.15, -0.1) is 0 Å². The quantitative estimate of drug-likeness (QED) is 0.781. The molecule has 0 aliphatic carbocycles. The van der Waals surface area contributed by atoms with Gasteiger partial charge in [0.15, 0.2) is 0 Å². The molecule has 0 spiro atoms. The van der Waals surface area contributed by atoms with Crippen LogP contribution in [0.5, 0.6) is 0 Å². The minimum Gasteiger partial charge on any atom is -0.383 e. The molecule has 1 fully saturated rings. The smallest absolute Gasteiger partial charge is 0.241 e. The summed E-state index contributed by atoms with van der Waals surface area (Å²) in [5.41, 5.74) is 0. The van der Waals surface area contributed by atoms with Gasteiger partial charge in [0.1, 0.15) is 0 Å². The third-order valence-electron chi connectivity index (χ3n) is 4.48. The van der Waals surface area contributed by atoms with E-state index in [-0.39, 0.29) is 24.2 Å². The highest BCUT2D eigenvalue weighted by Crippen LogP contribution is 2.27. The SMILES string of the molecule is CCC(C)C1NC(C(C)C)N(C(COC)C(C)C)C1=O. The van der Waals surface area contributed by atoms with E-state index in [2.05, 4.69) is 51.8 Å². The van der Waals surface area contributed by atoms with Gasteiger partial charge in [-0.1, -0.05) is 48.0 Å². The Kier molecular flexibility index (Phi) is 6.46. The molecule has 1 aliphatic rings. The topological polar surface area (TPSA) is 41.6 Å². The Morgan fingerprint density at radius 3 is 2.25 bits per heavy atom. The minimum absolute atomic E-state index is 0.0505. The molecule has 0 radical (unpaired) electrons. The van der Waals surface area contributed by atoms with Gasteiger partial charge in [0.2, 0.25) is 5.91 Å². The molecule has 1 aliphatic heterocycles. The average Bonchev–Trinajstić information content (AvgIpc) is 2.72. The molecule has 1 N–H and O–H groups in total. The highest BCUT2D eigenvalue weighted by atomic mass is 16.5. The molecule has 4 atom stereocenters. The largest absolute Gasteiger partial charge is 0.383 e. The molecule has 4 unspecified atom stereocenters. The lowest BCUT2D eigenvalue weighted by atomic mass is 9.98. The van der Waals surface area contributed by atoms with Crippen LogP contribution in [0.3, 0.4) is 0 Å². The van der Waals surface area contributed by atoms with Crippen molar-refractivity contribution in [3.63, 3.8) is 0 Å². The lowest BCUT2D eigenvalue weighted by Crippen LogP contribution is -2.51. The van der Waals surface area contributed by atoms with E-state index >= 15 is 0 Å². The predicted octanol–water partition coefficient (Wildman–Crippen LogP) is 2.49. The maximum absolute atomic E-state index is 12.8. The Morgan fingerprint density at radius 2 is 1.85 bits per heavy atom. The van der Waals surface area contributed by atoms with Crippen molar-refractivity contribution in [3.05, 3.63) is 0 Å². The summed E-state index contributed by atoms with van der Waals surface area (Å²) in [5.74, 6) is 1.39. The molecule has 1 rings (SSSR count). The van der Waals surface area contributed by atoms with Gasteiger partial charge in [-0.3, -0.25) is 10.1 Å². The average molecular weight is 284 g/mol. The molecule has 1 amide bonds. The Morgan fingerprint density at radius 1 is 1.25 bits per heavy atom. The van der Waals surface area contributed by atoms with Crippen LogP contribution in [0.1, 0.15) is 48.0 Å². The molecule has 0 aromatic heterocycles. The molecular weight excluding hydrogens is 252 g/mol. The van der Waals surface area contributed by atoms with E-state index in [1.807, 2.05) is 0 Å². The standard InChI is InChI=1S/C16H32N2O2/c1-8-12(6)14-16(19)18(15(17-14)11(4)5)13(9-20-7)10(2)3/h10-15,17H,8-9H2,1-7H3. The van der Waals surface area contributed by atoms with Crippen molar-refractivity contribution in [2.45, 2.75) is 66.2 Å². The van der Waals surface area contributed by atoms with E-state index in [4.69, 9.17) is 4.74 Å². The van der Waals surface area contributed by atoms with Crippen molar-refractivity contribution in [1.82, 2.24) is 10.2 Å². The monoisotopic (exact) mass is 284 g/mol. The number of ether oxygens (including phenoxy) is 1. The Labute approximate surface area is 124 Å². The lowest BCUT2D eigenvalue weighted by Gasteiger charge is -2.36. The number of amides is 1. The molecule has 118 valence electrons. The van der Waals surface area contributed by atoms with Crippen LogP contribution in [0.2, 0.25) is 0 Å². The van der Waals surface area contributed by atoms with Crippen molar-refractivity contribution in [3.8, 4) is 0 Å². The summed E-state index contributed by atoms with van der Waals surface area (Å²) < 4.78 is 5.35. The van der Waals surface area contributed by atoms with E-state index < -0.39 is 0 Å². The molecule has 0 bridgehead atoms. The number of hydrogen-bond acceptors (Lipinski definition) is 3. The van der Waals surface area contributed by atoms with Crippen LogP contribution in [-0.4, -0.2) is 42.8 Å². The van der Waals surface area contributed by atoms with Gasteiger partial charge in [-0.25, -0.2) is 0 Å². The Hall–Kier alpha value is -0.610. The summed E-state index contributed by atoms with van der Waals surface area (Å²) in [7, 11) is 1.71. The lowest BCUT2D eigenvalue weighted by molar-refractivity contribution is -0.136. The van der Waals surface area contributed by atoms with Gasteiger partial charge in [-0.2, -0.15) is 0 Å². The number of nitrogens with one attached hydrogen (secondary N) is 1. The van der Waals surface area contributed by atoms with Gasteiger partial charge in [0.25, 0.3) is 0 Å². The molecule has 20 heavy (non-hydrogen) atoms. The maximum atomic E-state index is 12.8. The van der Waals surface area contributed by atoms with Crippen LogP contribution < -0.4 is 5.32 Å². The van der Waals surface area contributed by atoms with Gasteiger partial charge in [0.05, 0.1) is 24.9 Å². The van der Waals surface area contributed by atoms with Crippen molar-refractivity contribution < 1.29 is 9.53 Å². The zero-order valence-corrected chi connectivity index (χ0v) is 14.1. The number of nitrogens with zero attached hydrogens (tertiary/aromatic N) is 1. The van der Waals surface area contributed by atoms with E-state index in [1.54, 1.807) is 7.11 Å². The van der Waals surface area contributed by atoms with E-state index in [1.165, 1.54) is 0 Å². The highest BCUT2D eigenvalue weighted by Gasteiger charge is 2.45. The first-order valence-electron chi connectivity index (χ1n) is 7.92. The maximum Gasteiger partial charge on any atom is 0.241 e. The van der Waals surface area contributed by atoms with Gasteiger partial charge < -0.3 is 9.64 Å². The number of rotatable bonds is 7. The number of hydrogen-bond donors (Lipinski definition) is 1. The fourth-order valence-electron chi connectivity index (χ4n) is 2.92. The van der Waals surface area contributed by atoms with Crippen LogP contribution in [0.4, 0.5) is 0 Å². The first kappa shape index (κ1) is 17.4. The van der Waals surface area contributed by atoms with Crippen molar-refractivity contribution >= 4 is 5.91 Å². The van der Waals surface area contributed by atoms with Crippen molar-refractivity contribution in [2.75, 3.05) is 13.7 Å². The Bertz CT molecular complexity index is 318. The summed E-state index contributed by atoms with van der Waals surface area (Å²) in [6.45, 7) is 13.5. The molecule has 4 heteroatoms. The van der Waals surface area contributed by atoms with Crippen LogP contribution in [0.15, 0.2) is 0 Å². The second-order valence-corrected chi connectivity index (χ2v) is 6.73. The summed E-state index contributed by atoms with van der Waals surface area (Å²) in [5, 5.41) is 3.56. The van der Waals surface area contributed by atoms with Crippen LogP contribution in [0.25, 0.3) is 0 Å². The second-order valence-electron chi connectivity index (χ2n) is 6.73. The fraction of sp³-hybridized carbons (Fsp3) is 0.938. The minimum atomic E-state index is -0.0505. The Balaban J connectivity index is 3.02. The normalized spacial score (nSPS) is 26.6. The van der Waals surface area contributed by atoms with Crippen LogP contribution in [0, 0.1) is 17.8 Å². The highest BCUT2D eigenvalue weighted by molar-refractivity contribution is 5.85. The molecule has 4 nitrogen and oxygen atoms in total. The number of carbonyl (C=O) groups is 1. The van der Waals surface area contributed by atoms with Crippen molar-refractivity contribution in [1.29, 1.82) is 0 Å². The molecule has 1 heterocycles. The third-order valence-corrected chi connectivity index (χ3v) is 4.48. The van der Waals surface area contributed by atoms with E-state index in [0.717, 1.165) is 6.42 Å². The molecule has 0 saturated carbocycles. The fourth-order valence-corrected chi connectivity index (χ4v) is 2.92. The number of carbonyl (C=O) groups excluding carboxylic acids is 1. The summed E-state index contributed by atoms with van der Waals surface area (Å²) in [6.07, 6.45) is 1.13. The summed E-state index contributed by atoms with van der Waals surface area (Å²) in [6, 6.07) is 0.0898. The zero-order chi connectivity index (χ0) is 15.4. The summed E-state index contributed by atoms with van der Waals surface area (Å²) in [4.78, 5) is 14.9. The summed E-state index contributed by atoms with van der Waals surface area (Å²) >= 11 is 0. The van der Waals surface area contributed by atoms with Gasteiger partial charge >= 0.3 is 0 Å².